The first-order chi connectivity index (χ1) is 10.1. The van der Waals surface area contributed by atoms with Gasteiger partial charge in [0.1, 0.15) is 0 Å². The molecule has 2 N–H and O–H groups in total. The summed E-state index contributed by atoms with van der Waals surface area (Å²) in [4.78, 5) is 10.1. The summed E-state index contributed by atoms with van der Waals surface area (Å²) in [6.07, 6.45) is 3.11. The van der Waals surface area contributed by atoms with E-state index in [4.69, 9.17) is 17.0 Å². The number of thiocarbonyl (C=S) groups is 1. The minimum absolute atomic E-state index is 0.0589. The standard InChI is InChI=1S/C14H21N3O3S/c1-2-3-10-20-11-4-9-15-14(21)16-12-5-7-13(8-6-12)17(18)19/h5-8H,2-4,9-11H2,1H3,(H2,15,16,21). The van der Waals surface area contributed by atoms with Gasteiger partial charge in [-0.2, -0.15) is 0 Å². The maximum atomic E-state index is 10.5. The van der Waals surface area contributed by atoms with Gasteiger partial charge in [-0.15, -0.1) is 0 Å². The highest BCUT2D eigenvalue weighted by molar-refractivity contribution is 7.80. The number of nitrogens with zero attached hydrogens (tertiary/aromatic N) is 1. The largest absolute Gasteiger partial charge is 0.381 e. The summed E-state index contributed by atoms with van der Waals surface area (Å²) in [5.74, 6) is 0. The van der Waals surface area contributed by atoms with Gasteiger partial charge in [-0.1, -0.05) is 13.3 Å². The minimum Gasteiger partial charge on any atom is -0.381 e. The Morgan fingerprint density at radius 2 is 1.95 bits per heavy atom. The lowest BCUT2D eigenvalue weighted by atomic mass is 10.3. The van der Waals surface area contributed by atoms with Gasteiger partial charge < -0.3 is 15.4 Å². The molecule has 0 fully saturated rings. The van der Waals surface area contributed by atoms with Crippen LogP contribution in [0.1, 0.15) is 26.2 Å². The van der Waals surface area contributed by atoms with Crippen LogP contribution >= 0.6 is 12.2 Å². The van der Waals surface area contributed by atoms with Crippen molar-refractivity contribution in [1.29, 1.82) is 0 Å². The predicted molar refractivity (Wildman–Crippen MR) is 87.7 cm³/mol. The molecule has 0 aromatic heterocycles. The van der Waals surface area contributed by atoms with Crippen LogP contribution in [0, 0.1) is 10.1 Å². The quantitative estimate of drug-likeness (QED) is 0.316. The Hall–Kier alpha value is -1.73. The molecule has 1 rings (SSSR count). The second-order valence-electron chi connectivity index (χ2n) is 4.50. The van der Waals surface area contributed by atoms with Crippen molar-refractivity contribution in [1.82, 2.24) is 5.32 Å². The molecule has 1 aromatic rings. The molecule has 0 unspecified atom stereocenters. The predicted octanol–water partition coefficient (Wildman–Crippen LogP) is 3.09. The van der Waals surface area contributed by atoms with Gasteiger partial charge in [0.25, 0.3) is 5.69 Å². The van der Waals surface area contributed by atoms with Gasteiger partial charge in [-0.25, -0.2) is 0 Å². The monoisotopic (exact) mass is 311 g/mol. The van der Waals surface area contributed by atoms with Crippen molar-refractivity contribution in [2.75, 3.05) is 25.1 Å². The first kappa shape index (κ1) is 17.3. The van der Waals surface area contributed by atoms with Crippen LogP contribution in [-0.4, -0.2) is 29.8 Å². The Labute approximate surface area is 130 Å². The highest BCUT2D eigenvalue weighted by atomic mass is 32.1. The molecule has 0 saturated carbocycles. The molecule has 116 valence electrons. The van der Waals surface area contributed by atoms with Crippen LogP contribution in [0.15, 0.2) is 24.3 Å². The molecule has 0 atom stereocenters. The van der Waals surface area contributed by atoms with Gasteiger partial charge in [0.05, 0.1) is 4.92 Å². The van der Waals surface area contributed by atoms with Crippen molar-refractivity contribution in [2.45, 2.75) is 26.2 Å². The molecule has 0 spiro atoms. The molecule has 7 heteroatoms. The number of nitrogens with one attached hydrogen (secondary N) is 2. The third kappa shape index (κ3) is 7.57. The fraction of sp³-hybridized carbons (Fsp3) is 0.500. The lowest BCUT2D eigenvalue weighted by Gasteiger charge is -2.10. The topological polar surface area (TPSA) is 76.4 Å². The Balaban J connectivity index is 2.17. The van der Waals surface area contributed by atoms with Gasteiger partial charge >= 0.3 is 0 Å². The number of hydrogen-bond donors (Lipinski definition) is 2. The van der Waals surface area contributed by atoms with E-state index in [1.165, 1.54) is 12.1 Å². The van der Waals surface area contributed by atoms with Gasteiger partial charge in [0.2, 0.25) is 0 Å². The first-order valence-electron chi connectivity index (χ1n) is 7.00. The summed E-state index contributed by atoms with van der Waals surface area (Å²) in [6.45, 7) is 4.38. The lowest BCUT2D eigenvalue weighted by molar-refractivity contribution is -0.384. The van der Waals surface area contributed by atoms with E-state index < -0.39 is 4.92 Å². The van der Waals surface area contributed by atoms with E-state index in [0.717, 1.165) is 38.1 Å². The van der Waals surface area contributed by atoms with Gasteiger partial charge in [-0.3, -0.25) is 10.1 Å². The molecule has 0 bridgehead atoms. The van der Waals surface area contributed by atoms with Crippen molar-refractivity contribution in [3.63, 3.8) is 0 Å². The maximum absolute atomic E-state index is 10.5. The summed E-state index contributed by atoms with van der Waals surface area (Å²) < 4.78 is 5.44. The van der Waals surface area contributed by atoms with Crippen molar-refractivity contribution in [2.24, 2.45) is 0 Å². The zero-order valence-corrected chi connectivity index (χ0v) is 12.9. The Bertz CT molecular complexity index is 451. The molecule has 0 radical (unpaired) electrons. The fourth-order valence-corrected chi connectivity index (χ4v) is 1.79. The molecular weight excluding hydrogens is 290 g/mol. The van der Waals surface area contributed by atoms with Crippen molar-refractivity contribution in [3.05, 3.63) is 34.4 Å². The van der Waals surface area contributed by atoms with E-state index in [1.54, 1.807) is 12.1 Å². The minimum atomic E-state index is -0.432. The normalized spacial score (nSPS) is 10.1. The third-order valence-corrected chi connectivity index (χ3v) is 2.98. The molecule has 1 aromatic carbocycles. The SMILES string of the molecule is CCCCOCCCNC(=S)Nc1ccc([N+](=O)[O-])cc1. The van der Waals surface area contributed by atoms with Crippen LogP contribution in [0.25, 0.3) is 0 Å². The van der Waals surface area contributed by atoms with E-state index in [1.807, 2.05) is 0 Å². The third-order valence-electron chi connectivity index (χ3n) is 2.73. The maximum Gasteiger partial charge on any atom is 0.269 e. The van der Waals surface area contributed by atoms with Crippen LogP contribution in [0.4, 0.5) is 11.4 Å². The number of rotatable bonds is 9. The molecular formula is C14H21N3O3S. The molecule has 0 amide bonds. The molecule has 21 heavy (non-hydrogen) atoms. The smallest absolute Gasteiger partial charge is 0.269 e. The van der Waals surface area contributed by atoms with Gasteiger partial charge in [-0.05, 0) is 37.2 Å². The van der Waals surface area contributed by atoms with Crippen molar-refractivity contribution >= 4 is 28.7 Å². The molecule has 0 aliphatic carbocycles. The molecule has 0 heterocycles. The highest BCUT2D eigenvalue weighted by Gasteiger charge is 2.04. The second kappa shape index (κ2) is 10.1. The number of anilines is 1. The highest BCUT2D eigenvalue weighted by Crippen LogP contribution is 2.15. The van der Waals surface area contributed by atoms with E-state index in [9.17, 15) is 10.1 Å². The fourth-order valence-electron chi connectivity index (χ4n) is 1.57. The lowest BCUT2D eigenvalue weighted by Crippen LogP contribution is -2.29. The summed E-state index contributed by atoms with van der Waals surface area (Å²) in [5.41, 5.74) is 0.779. The number of unbranched alkanes of at least 4 members (excludes halogenated alkanes) is 1. The number of nitro groups is 1. The first-order valence-corrected chi connectivity index (χ1v) is 7.41. The number of ether oxygens (including phenoxy) is 1. The zero-order chi connectivity index (χ0) is 15.5. The van der Waals surface area contributed by atoms with Gasteiger partial charge in [0.15, 0.2) is 5.11 Å². The van der Waals surface area contributed by atoms with Crippen LogP contribution in [0.2, 0.25) is 0 Å². The molecule has 0 aliphatic rings. The van der Waals surface area contributed by atoms with Crippen LogP contribution < -0.4 is 10.6 Å². The van der Waals surface area contributed by atoms with Crippen LogP contribution in [0.3, 0.4) is 0 Å². The van der Waals surface area contributed by atoms with Crippen molar-refractivity contribution in [3.8, 4) is 0 Å². The van der Waals surface area contributed by atoms with Gasteiger partial charge in [0, 0.05) is 37.6 Å². The Kier molecular flexibility index (Phi) is 8.30. The van der Waals surface area contributed by atoms with Crippen LogP contribution in [-0.2, 0) is 4.74 Å². The summed E-state index contributed by atoms with van der Waals surface area (Å²) in [5, 5.41) is 17.1. The molecule has 0 saturated heterocycles. The molecule has 0 aliphatic heterocycles. The summed E-state index contributed by atoms with van der Waals surface area (Å²) in [7, 11) is 0. The number of benzene rings is 1. The van der Waals surface area contributed by atoms with E-state index in [0.29, 0.717) is 11.7 Å². The van der Waals surface area contributed by atoms with E-state index in [2.05, 4.69) is 17.6 Å². The van der Waals surface area contributed by atoms with Crippen LogP contribution in [0.5, 0.6) is 0 Å². The average molecular weight is 311 g/mol. The van der Waals surface area contributed by atoms with E-state index >= 15 is 0 Å². The number of nitro benzene ring substituents is 1. The number of non-ortho nitro benzene ring substituents is 1. The van der Waals surface area contributed by atoms with Crippen molar-refractivity contribution < 1.29 is 9.66 Å². The zero-order valence-electron chi connectivity index (χ0n) is 12.1. The number of hydrogen-bond acceptors (Lipinski definition) is 4. The second-order valence-corrected chi connectivity index (χ2v) is 4.91. The average Bonchev–Trinajstić information content (AvgIpc) is 2.47. The Morgan fingerprint density at radius 3 is 2.57 bits per heavy atom. The Morgan fingerprint density at radius 1 is 1.29 bits per heavy atom. The van der Waals surface area contributed by atoms with E-state index in [-0.39, 0.29) is 5.69 Å². The summed E-state index contributed by atoms with van der Waals surface area (Å²) >= 11 is 5.14. The summed E-state index contributed by atoms with van der Waals surface area (Å²) in [6, 6.07) is 6.12. The molecule has 6 nitrogen and oxygen atoms in total.